The van der Waals surface area contributed by atoms with Crippen LogP contribution in [0.2, 0.25) is 0 Å². The van der Waals surface area contributed by atoms with Gasteiger partial charge in [-0.05, 0) is 6.92 Å². The zero-order valence-electron chi connectivity index (χ0n) is 6.71. The Bertz CT molecular complexity index is 268. The second kappa shape index (κ2) is 2.73. The lowest BCUT2D eigenvalue weighted by Gasteiger charge is -2.18. The van der Waals surface area contributed by atoms with Gasteiger partial charge in [0.05, 0.1) is 17.8 Å². The first kappa shape index (κ1) is 8.56. The van der Waals surface area contributed by atoms with E-state index in [1.807, 2.05) is 0 Å². The lowest BCUT2D eigenvalue weighted by atomic mass is 10.1. The summed E-state index contributed by atoms with van der Waals surface area (Å²) in [6.45, 7) is 2.79. The summed E-state index contributed by atoms with van der Waals surface area (Å²) < 4.78 is 0. The largest absolute Gasteiger partial charge is 0.288 e. The van der Waals surface area contributed by atoms with E-state index in [0.717, 1.165) is 17.0 Å². The number of carbonyl (C=O) groups excluding carboxylic acids is 1. The molecule has 2 aliphatic heterocycles. The maximum Gasteiger partial charge on any atom is 0.239 e. The van der Waals surface area contributed by atoms with E-state index < -0.39 is 0 Å². The van der Waals surface area contributed by atoms with Gasteiger partial charge in [-0.3, -0.25) is 14.7 Å². The topological polar surface area (TPSA) is 32.7 Å². The van der Waals surface area contributed by atoms with Crippen molar-refractivity contribution in [2.24, 2.45) is 4.99 Å². The second-order valence-electron chi connectivity index (χ2n) is 3.29. The summed E-state index contributed by atoms with van der Waals surface area (Å²) in [5.41, 5.74) is -0.0988. The van der Waals surface area contributed by atoms with Crippen LogP contribution >= 0.6 is 27.7 Å². The predicted octanol–water partition coefficient (Wildman–Crippen LogP) is 1.08. The summed E-state index contributed by atoms with van der Waals surface area (Å²) in [5, 5.41) is 1.72. The molecule has 12 heavy (non-hydrogen) atoms. The lowest BCUT2D eigenvalue weighted by Crippen LogP contribution is -2.36. The minimum absolute atomic E-state index is 0.0988. The van der Waals surface area contributed by atoms with Crippen molar-refractivity contribution in [2.75, 3.05) is 17.6 Å². The molecule has 0 saturated carbocycles. The van der Waals surface area contributed by atoms with E-state index in [1.54, 1.807) is 16.7 Å². The zero-order chi connectivity index (χ0) is 8.77. The molecule has 0 bridgehead atoms. The molecule has 0 aromatic rings. The first-order valence-electron chi connectivity index (χ1n) is 3.74. The highest BCUT2D eigenvalue weighted by Gasteiger charge is 2.41. The van der Waals surface area contributed by atoms with E-state index in [4.69, 9.17) is 0 Å². The maximum atomic E-state index is 11.3. The van der Waals surface area contributed by atoms with Crippen LogP contribution in [0.1, 0.15) is 6.92 Å². The van der Waals surface area contributed by atoms with Gasteiger partial charge in [-0.1, -0.05) is 27.7 Å². The SMILES string of the molecule is CC1(CBr)CN2C(=O)CSC2=N1. The Hall–Kier alpha value is -0.0300. The molecular weight excluding hydrogens is 240 g/mol. The molecule has 2 rings (SSSR count). The fraction of sp³-hybridized carbons (Fsp3) is 0.714. The highest BCUT2D eigenvalue weighted by atomic mass is 79.9. The number of alkyl halides is 1. The number of aliphatic imine (C=N–C) groups is 1. The number of nitrogens with zero attached hydrogens (tertiary/aromatic N) is 2. The van der Waals surface area contributed by atoms with Crippen molar-refractivity contribution in [3.05, 3.63) is 0 Å². The number of carbonyl (C=O) groups is 1. The Morgan fingerprint density at radius 3 is 3.17 bits per heavy atom. The fourth-order valence-corrected chi connectivity index (χ4v) is 2.63. The third-order valence-corrected chi connectivity index (χ3v) is 4.18. The number of amidine groups is 1. The Morgan fingerprint density at radius 2 is 2.58 bits per heavy atom. The van der Waals surface area contributed by atoms with Crippen molar-refractivity contribution in [2.45, 2.75) is 12.5 Å². The van der Waals surface area contributed by atoms with E-state index in [-0.39, 0.29) is 11.4 Å². The molecule has 0 N–H and O–H groups in total. The standard InChI is InChI=1S/C7H9BrN2OS/c1-7(3-8)4-10-5(11)2-12-6(10)9-7/h2-4H2,1H3. The molecular formula is C7H9BrN2OS. The molecule has 5 heteroatoms. The van der Waals surface area contributed by atoms with Crippen LogP contribution < -0.4 is 0 Å². The minimum atomic E-state index is -0.0988. The molecule has 1 amide bonds. The summed E-state index contributed by atoms with van der Waals surface area (Å²) in [6, 6.07) is 0. The summed E-state index contributed by atoms with van der Waals surface area (Å²) in [6.07, 6.45) is 0. The molecule has 0 aliphatic carbocycles. The molecule has 3 nitrogen and oxygen atoms in total. The average Bonchev–Trinajstić information content (AvgIpc) is 2.53. The quantitative estimate of drug-likeness (QED) is 0.651. The smallest absolute Gasteiger partial charge is 0.239 e. The number of fused-ring (bicyclic) bond motifs is 1. The fourth-order valence-electron chi connectivity index (χ4n) is 1.32. The van der Waals surface area contributed by atoms with Gasteiger partial charge < -0.3 is 0 Å². The van der Waals surface area contributed by atoms with Crippen LogP contribution in [0.25, 0.3) is 0 Å². The molecule has 0 aromatic carbocycles. The first-order valence-corrected chi connectivity index (χ1v) is 5.84. The minimum Gasteiger partial charge on any atom is -0.288 e. The van der Waals surface area contributed by atoms with Crippen LogP contribution in [0.3, 0.4) is 0 Å². The molecule has 66 valence electrons. The first-order chi connectivity index (χ1) is 5.64. The zero-order valence-corrected chi connectivity index (χ0v) is 9.11. The van der Waals surface area contributed by atoms with Crippen molar-refractivity contribution in [1.82, 2.24) is 4.90 Å². The molecule has 0 spiro atoms. The molecule has 1 atom stereocenters. The van der Waals surface area contributed by atoms with Gasteiger partial charge in [-0.2, -0.15) is 0 Å². The Morgan fingerprint density at radius 1 is 1.83 bits per heavy atom. The summed E-state index contributed by atoms with van der Waals surface area (Å²) in [5.74, 6) is 0.764. The van der Waals surface area contributed by atoms with Gasteiger partial charge in [-0.25, -0.2) is 0 Å². The van der Waals surface area contributed by atoms with Crippen molar-refractivity contribution < 1.29 is 4.79 Å². The third kappa shape index (κ3) is 1.19. The molecule has 1 unspecified atom stereocenters. The van der Waals surface area contributed by atoms with Crippen LogP contribution in [-0.4, -0.2) is 39.1 Å². The van der Waals surface area contributed by atoms with Gasteiger partial charge in [-0.15, -0.1) is 0 Å². The maximum absolute atomic E-state index is 11.3. The van der Waals surface area contributed by atoms with E-state index >= 15 is 0 Å². The summed E-state index contributed by atoms with van der Waals surface area (Å²) >= 11 is 4.95. The second-order valence-corrected chi connectivity index (χ2v) is 4.80. The molecule has 0 radical (unpaired) electrons. The van der Waals surface area contributed by atoms with Crippen LogP contribution in [0.15, 0.2) is 4.99 Å². The number of hydrogen-bond acceptors (Lipinski definition) is 3. The monoisotopic (exact) mass is 248 g/mol. The van der Waals surface area contributed by atoms with Crippen molar-refractivity contribution in [1.29, 1.82) is 0 Å². The Balaban J connectivity index is 2.25. The van der Waals surface area contributed by atoms with Gasteiger partial charge in [0, 0.05) is 5.33 Å². The number of amides is 1. The highest BCUT2D eigenvalue weighted by molar-refractivity contribution is 9.09. The summed E-state index contributed by atoms with van der Waals surface area (Å²) in [7, 11) is 0. The lowest BCUT2D eigenvalue weighted by molar-refractivity contribution is -0.124. The van der Waals surface area contributed by atoms with Crippen LogP contribution in [0.5, 0.6) is 0 Å². The average molecular weight is 249 g/mol. The van der Waals surface area contributed by atoms with Gasteiger partial charge in [0.2, 0.25) is 5.91 Å². The van der Waals surface area contributed by atoms with Crippen LogP contribution in [0.4, 0.5) is 0 Å². The molecule has 2 heterocycles. The van der Waals surface area contributed by atoms with E-state index in [0.29, 0.717) is 5.75 Å². The summed E-state index contributed by atoms with van der Waals surface area (Å²) in [4.78, 5) is 17.5. The van der Waals surface area contributed by atoms with Crippen LogP contribution in [0, 0.1) is 0 Å². The molecule has 0 aromatic heterocycles. The molecule has 1 saturated heterocycles. The highest BCUT2D eigenvalue weighted by Crippen LogP contribution is 2.31. The normalized spacial score (nSPS) is 34.0. The number of hydrogen-bond donors (Lipinski definition) is 0. The van der Waals surface area contributed by atoms with Crippen LogP contribution in [-0.2, 0) is 4.79 Å². The predicted molar refractivity (Wildman–Crippen MR) is 53.8 cm³/mol. The van der Waals surface area contributed by atoms with E-state index in [2.05, 4.69) is 27.8 Å². The number of rotatable bonds is 1. The number of halogens is 1. The Labute approximate surface area is 83.7 Å². The van der Waals surface area contributed by atoms with Gasteiger partial charge in [0.25, 0.3) is 0 Å². The van der Waals surface area contributed by atoms with E-state index in [9.17, 15) is 4.79 Å². The van der Waals surface area contributed by atoms with Gasteiger partial charge >= 0.3 is 0 Å². The van der Waals surface area contributed by atoms with Gasteiger partial charge in [0.1, 0.15) is 0 Å². The van der Waals surface area contributed by atoms with Crippen molar-refractivity contribution in [3.63, 3.8) is 0 Å². The van der Waals surface area contributed by atoms with Crippen molar-refractivity contribution in [3.8, 4) is 0 Å². The Kier molecular flexibility index (Phi) is 1.95. The van der Waals surface area contributed by atoms with Gasteiger partial charge in [0.15, 0.2) is 5.17 Å². The molecule has 2 aliphatic rings. The van der Waals surface area contributed by atoms with Crippen molar-refractivity contribution >= 4 is 38.8 Å². The third-order valence-electron chi connectivity index (χ3n) is 2.01. The van der Waals surface area contributed by atoms with E-state index in [1.165, 1.54) is 0 Å². The molecule has 1 fully saturated rings. The number of thioether (sulfide) groups is 1.